The zero-order chi connectivity index (χ0) is 20.5. The highest BCUT2D eigenvalue weighted by Crippen LogP contribution is 2.55. The number of rotatable bonds is 5. The van der Waals surface area contributed by atoms with E-state index in [1.54, 1.807) is 19.2 Å². The van der Waals surface area contributed by atoms with Gasteiger partial charge < -0.3 is 20.5 Å². The van der Waals surface area contributed by atoms with Crippen LogP contribution in [0, 0.1) is 5.92 Å². The molecule has 0 fully saturated rings. The van der Waals surface area contributed by atoms with Crippen LogP contribution in [-0.2, 0) is 4.79 Å². The lowest BCUT2D eigenvalue weighted by atomic mass is 9.76. The smallest absolute Gasteiger partial charge is 0.224 e. The average molecular weight is 413 g/mol. The maximum Gasteiger partial charge on any atom is 0.224 e. The van der Waals surface area contributed by atoms with E-state index in [9.17, 15) is 9.90 Å². The Bertz CT molecular complexity index is 973. The summed E-state index contributed by atoms with van der Waals surface area (Å²) >= 11 is 6.57. The number of hydrogen-bond acceptors (Lipinski definition) is 4. The van der Waals surface area contributed by atoms with Crippen LogP contribution in [0.3, 0.4) is 0 Å². The Kier molecular flexibility index (Phi) is 5.41. The molecular formula is C23H25ClN2O3. The number of amides is 1. The second-order valence-electron chi connectivity index (χ2n) is 7.56. The van der Waals surface area contributed by atoms with Gasteiger partial charge in [0, 0.05) is 29.2 Å². The summed E-state index contributed by atoms with van der Waals surface area (Å²) in [6.07, 6.45) is 6.49. The van der Waals surface area contributed by atoms with Gasteiger partial charge in [-0.25, -0.2) is 0 Å². The Morgan fingerprint density at radius 2 is 2.17 bits per heavy atom. The standard InChI is InChI=1S/C23H25ClN2O3/c1-3-6-19(27)25-17-12-11-16(24)22-20(17)13-7-4-8-14(13)21(26-22)15-9-5-10-18(29-2)23(15)28/h4-5,7,9-14,21,26,28H,3,6,8H2,1-2H3,(H,25,27). The Hall–Kier alpha value is -2.66. The minimum absolute atomic E-state index is 0.00288. The minimum atomic E-state index is -0.128. The monoisotopic (exact) mass is 412 g/mol. The minimum Gasteiger partial charge on any atom is -0.504 e. The van der Waals surface area contributed by atoms with E-state index in [-0.39, 0.29) is 29.5 Å². The van der Waals surface area contributed by atoms with Crippen LogP contribution < -0.4 is 15.4 Å². The number of aromatic hydroxyl groups is 1. The lowest BCUT2D eigenvalue weighted by Crippen LogP contribution is -2.30. The molecule has 2 aliphatic rings. The number of benzene rings is 2. The van der Waals surface area contributed by atoms with Crippen molar-refractivity contribution in [3.05, 3.63) is 58.6 Å². The van der Waals surface area contributed by atoms with Crippen molar-refractivity contribution in [3.63, 3.8) is 0 Å². The van der Waals surface area contributed by atoms with Crippen molar-refractivity contribution in [1.29, 1.82) is 0 Å². The molecule has 6 heteroatoms. The average Bonchev–Trinajstić information content (AvgIpc) is 3.20. The van der Waals surface area contributed by atoms with Crippen LogP contribution in [0.4, 0.5) is 11.4 Å². The number of nitrogens with one attached hydrogen (secondary N) is 2. The first kappa shape index (κ1) is 19.6. The van der Waals surface area contributed by atoms with Gasteiger partial charge in [0.25, 0.3) is 0 Å². The number of carbonyl (C=O) groups excluding carboxylic acids is 1. The molecule has 3 unspecified atom stereocenters. The molecule has 0 aromatic heterocycles. The molecule has 0 saturated carbocycles. The fourth-order valence-electron chi connectivity index (χ4n) is 4.49. The predicted octanol–water partition coefficient (Wildman–Crippen LogP) is 5.62. The summed E-state index contributed by atoms with van der Waals surface area (Å²) < 4.78 is 5.30. The SMILES string of the molecule is CCCC(=O)Nc1ccc(Cl)c2c1C1C=CCC1C(c1cccc(OC)c1O)N2. The fraction of sp³-hybridized carbons (Fsp3) is 0.348. The van der Waals surface area contributed by atoms with Crippen molar-refractivity contribution in [2.24, 2.45) is 5.92 Å². The molecule has 1 heterocycles. The molecule has 0 bridgehead atoms. The number of methoxy groups -OCH3 is 1. The number of fused-ring (bicyclic) bond motifs is 3. The third-order valence-corrected chi connectivity index (χ3v) is 6.12. The van der Waals surface area contributed by atoms with Crippen LogP contribution in [0.2, 0.25) is 5.02 Å². The van der Waals surface area contributed by atoms with Gasteiger partial charge in [-0.2, -0.15) is 0 Å². The second kappa shape index (κ2) is 7.99. The molecule has 1 amide bonds. The van der Waals surface area contributed by atoms with E-state index in [1.165, 1.54) is 0 Å². The van der Waals surface area contributed by atoms with Gasteiger partial charge in [0.05, 0.1) is 23.9 Å². The van der Waals surface area contributed by atoms with Crippen molar-refractivity contribution < 1.29 is 14.6 Å². The molecule has 2 aromatic carbocycles. The van der Waals surface area contributed by atoms with Gasteiger partial charge in [-0.3, -0.25) is 4.79 Å². The zero-order valence-corrected chi connectivity index (χ0v) is 17.3. The summed E-state index contributed by atoms with van der Waals surface area (Å²) in [6.45, 7) is 1.99. The number of halogens is 1. The van der Waals surface area contributed by atoms with Crippen LogP contribution in [0.5, 0.6) is 11.5 Å². The van der Waals surface area contributed by atoms with E-state index in [0.717, 1.165) is 35.3 Å². The first-order valence-electron chi connectivity index (χ1n) is 9.96. The second-order valence-corrected chi connectivity index (χ2v) is 7.96. The van der Waals surface area contributed by atoms with E-state index in [2.05, 4.69) is 22.8 Å². The first-order valence-corrected chi connectivity index (χ1v) is 10.3. The van der Waals surface area contributed by atoms with Crippen LogP contribution in [0.25, 0.3) is 0 Å². The van der Waals surface area contributed by atoms with Crippen LogP contribution in [0.1, 0.15) is 49.3 Å². The van der Waals surface area contributed by atoms with Gasteiger partial charge in [-0.05, 0) is 37.0 Å². The molecule has 29 heavy (non-hydrogen) atoms. The van der Waals surface area contributed by atoms with Crippen molar-refractivity contribution in [2.75, 3.05) is 17.7 Å². The van der Waals surface area contributed by atoms with Crippen molar-refractivity contribution in [1.82, 2.24) is 0 Å². The van der Waals surface area contributed by atoms with Crippen LogP contribution >= 0.6 is 11.6 Å². The largest absolute Gasteiger partial charge is 0.504 e. The number of ether oxygens (including phenoxy) is 1. The molecule has 5 nitrogen and oxygen atoms in total. The number of phenolic OH excluding ortho intramolecular Hbond substituents is 1. The van der Waals surface area contributed by atoms with Gasteiger partial charge in [0.2, 0.25) is 5.91 Å². The lowest BCUT2D eigenvalue weighted by Gasteiger charge is -2.39. The van der Waals surface area contributed by atoms with Crippen molar-refractivity contribution >= 4 is 28.9 Å². The summed E-state index contributed by atoms with van der Waals surface area (Å²) in [5.74, 6) is 0.885. The summed E-state index contributed by atoms with van der Waals surface area (Å²) in [4.78, 5) is 12.2. The molecule has 1 aliphatic heterocycles. The van der Waals surface area contributed by atoms with Crippen LogP contribution in [-0.4, -0.2) is 18.1 Å². The third-order valence-electron chi connectivity index (χ3n) is 5.81. The molecule has 2 aromatic rings. The van der Waals surface area contributed by atoms with E-state index in [0.29, 0.717) is 17.2 Å². The van der Waals surface area contributed by atoms with E-state index >= 15 is 0 Å². The highest BCUT2D eigenvalue weighted by Gasteiger charge is 2.41. The first-order chi connectivity index (χ1) is 14.0. The predicted molar refractivity (Wildman–Crippen MR) is 116 cm³/mol. The lowest BCUT2D eigenvalue weighted by molar-refractivity contribution is -0.116. The Labute approximate surface area is 175 Å². The Morgan fingerprint density at radius 1 is 1.34 bits per heavy atom. The molecule has 152 valence electrons. The van der Waals surface area contributed by atoms with Gasteiger partial charge in [-0.1, -0.05) is 42.8 Å². The maximum atomic E-state index is 12.2. The summed E-state index contributed by atoms with van der Waals surface area (Å²) in [5.41, 5.74) is 3.40. The topological polar surface area (TPSA) is 70.6 Å². The van der Waals surface area contributed by atoms with Crippen molar-refractivity contribution in [2.45, 2.75) is 38.1 Å². The highest BCUT2D eigenvalue weighted by atomic mass is 35.5. The maximum absolute atomic E-state index is 12.2. The number of hydrogen-bond donors (Lipinski definition) is 3. The number of anilines is 2. The number of carbonyl (C=O) groups is 1. The Morgan fingerprint density at radius 3 is 2.93 bits per heavy atom. The molecule has 0 spiro atoms. The van der Waals surface area contributed by atoms with Crippen molar-refractivity contribution in [3.8, 4) is 11.5 Å². The highest BCUT2D eigenvalue weighted by molar-refractivity contribution is 6.33. The zero-order valence-electron chi connectivity index (χ0n) is 16.5. The van der Waals surface area contributed by atoms with E-state index < -0.39 is 0 Å². The van der Waals surface area contributed by atoms with Crippen LogP contribution in [0.15, 0.2) is 42.5 Å². The van der Waals surface area contributed by atoms with Gasteiger partial charge in [0.15, 0.2) is 11.5 Å². The molecule has 4 rings (SSSR count). The van der Waals surface area contributed by atoms with Gasteiger partial charge >= 0.3 is 0 Å². The quantitative estimate of drug-likeness (QED) is 0.557. The van der Waals surface area contributed by atoms with E-state index in [1.807, 2.05) is 25.1 Å². The molecule has 0 radical (unpaired) electrons. The van der Waals surface area contributed by atoms with Gasteiger partial charge in [0.1, 0.15) is 0 Å². The molecule has 1 aliphatic carbocycles. The fourth-order valence-corrected chi connectivity index (χ4v) is 4.71. The number of phenols is 1. The molecule has 3 N–H and O–H groups in total. The Balaban J connectivity index is 1.79. The number of allylic oxidation sites excluding steroid dienone is 2. The molecule has 3 atom stereocenters. The normalized spacial score (nSPS) is 21.8. The summed E-state index contributed by atoms with van der Waals surface area (Å²) in [7, 11) is 1.55. The molecular weight excluding hydrogens is 388 g/mol. The van der Waals surface area contributed by atoms with Gasteiger partial charge in [-0.15, -0.1) is 0 Å². The summed E-state index contributed by atoms with van der Waals surface area (Å²) in [5, 5.41) is 17.9. The summed E-state index contributed by atoms with van der Waals surface area (Å²) in [6, 6.07) is 9.09. The number of para-hydroxylation sites is 1. The van der Waals surface area contributed by atoms with E-state index in [4.69, 9.17) is 16.3 Å². The molecule has 0 saturated heterocycles. The third kappa shape index (κ3) is 3.44.